The maximum atomic E-state index is 13.3. The molecule has 1 atom stereocenters. The maximum absolute atomic E-state index is 13.3. The molecule has 0 fully saturated rings. The minimum absolute atomic E-state index is 0.0880. The Kier molecular flexibility index (Phi) is 4.23. The largest absolute Gasteiger partial charge is 0.460 e. The minimum atomic E-state index is -0.714. The molecule has 0 aliphatic carbocycles. The molecule has 0 unspecified atom stereocenters. The summed E-state index contributed by atoms with van der Waals surface area (Å²) in [4.78, 5) is 11.6. The number of hydrogen-bond donors (Lipinski definition) is 1. The summed E-state index contributed by atoms with van der Waals surface area (Å²) in [5.41, 5.74) is 5.71. The van der Waals surface area contributed by atoms with Crippen LogP contribution in [-0.4, -0.2) is 12.0 Å². The number of benzene rings is 1. The summed E-state index contributed by atoms with van der Waals surface area (Å²) in [5.74, 6) is -0.898. The molecular formula is C13H18FNO2. The zero-order valence-corrected chi connectivity index (χ0v) is 10.4. The normalized spacial score (nSPS) is 13.2. The molecule has 0 heterocycles. The lowest BCUT2D eigenvalue weighted by Gasteiger charge is -2.24. The van der Waals surface area contributed by atoms with E-state index in [4.69, 9.17) is 10.5 Å². The molecule has 94 valence electrons. The summed E-state index contributed by atoms with van der Waals surface area (Å²) in [6.07, 6.45) is 0. The van der Waals surface area contributed by atoms with E-state index in [0.29, 0.717) is 5.56 Å². The Bertz CT molecular complexity index is 399. The van der Waals surface area contributed by atoms with E-state index in [1.54, 1.807) is 18.2 Å². The molecule has 2 N–H and O–H groups in total. The number of esters is 1. The third-order valence-electron chi connectivity index (χ3n) is 2.51. The van der Waals surface area contributed by atoms with E-state index in [1.165, 1.54) is 6.07 Å². The van der Waals surface area contributed by atoms with Crippen LogP contribution in [0, 0.1) is 11.2 Å². The number of halogens is 1. The molecule has 0 saturated heterocycles. The highest BCUT2D eigenvalue weighted by atomic mass is 19.1. The van der Waals surface area contributed by atoms with E-state index in [9.17, 15) is 9.18 Å². The first-order valence-corrected chi connectivity index (χ1v) is 5.48. The molecular weight excluding hydrogens is 221 g/mol. The summed E-state index contributed by atoms with van der Waals surface area (Å²) in [5, 5.41) is 0. The molecule has 0 radical (unpaired) electrons. The Morgan fingerprint density at radius 2 is 2.00 bits per heavy atom. The van der Waals surface area contributed by atoms with Crippen LogP contribution in [0.25, 0.3) is 0 Å². The van der Waals surface area contributed by atoms with E-state index < -0.39 is 12.0 Å². The first-order valence-electron chi connectivity index (χ1n) is 5.48. The maximum Gasteiger partial charge on any atom is 0.323 e. The fourth-order valence-corrected chi connectivity index (χ4v) is 1.21. The van der Waals surface area contributed by atoms with Gasteiger partial charge in [0.1, 0.15) is 18.5 Å². The summed E-state index contributed by atoms with van der Waals surface area (Å²) in [6, 6.07) is 5.46. The molecule has 4 heteroatoms. The number of nitrogens with two attached hydrogens (primary N) is 1. The van der Waals surface area contributed by atoms with Crippen molar-refractivity contribution in [2.24, 2.45) is 11.1 Å². The first kappa shape index (κ1) is 13.6. The van der Waals surface area contributed by atoms with Crippen molar-refractivity contribution in [3.63, 3.8) is 0 Å². The lowest BCUT2D eigenvalue weighted by Crippen LogP contribution is -2.43. The van der Waals surface area contributed by atoms with Crippen LogP contribution < -0.4 is 5.73 Å². The number of ether oxygens (including phenoxy) is 1. The Morgan fingerprint density at radius 3 is 2.53 bits per heavy atom. The summed E-state index contributed by atoms with van der Waals surface area (Å²) >= 11 is 0. The molecule has 0 amide bonds. The van der Waals surface area contributed by atoms with E-state index in [-0.39, 0.29) is 17.8 Å². The fourth-order valence-electron chi connectivity index (χ4n) is 1.21. The number of carbonyl (C=O) groups is 1. The van der Waals surface area contributed by atoms with Gasteiger partial charge in [0.15, 0.2) is 0 Å². The highest BCUT2D eigenvalue weighted by molar-refractivity contribution is 5.76. The predicted octanol–water partition coefficient (Wildman–Crippen LogP) is 2.24. The Balaban J connectivity index is 2.58. The van der Waals surface area contributed by atoms with Gasteiger partial charge in [0.05, 0.1) is 0 Å². The standard InChI is InChI=1S/C13H18FNO2/c1-13(2,3)11(15)12(16)17-8-9-6-4-5-7-10(9)14/h4-7,11H,8,15H2,1-3H3/t11-/m1/s1. The van der Waals surface area contributed by atoms with Crippen LogP contribution in [0.4, 0.5) is 4.39 Å². The van der Waals surface area contributed by atoms with Crippen molar-refractivity contribution >= 4 is 5.97 Å². The molecule has 1 aromatic rings. The molecule has 1 rings (SSSR count). The molecule has 17 heavy (non-hydrogen) atoms. The molecule has 3 nitrogen and oxygen atoms in total. The Morgan fingerprint density at radius 1 is 1.41 bits per heavy atom. The van der Waals surface area contributed by atoms with Crippen molar-refractivity contribution in [2.75, 3.05) is 0 Å². The molecule has 0 saturated carbocycles. The van der Waals surface area contributed by atoms with E-state index in [2.05, 4.69) is 0 Å². The molecule has 1 aromatic carbocycles. The summed E-state index contributed by atoms with van der Waals surface area (Å²) < 4.78 is 18.2. The monoisotopic (exact) mass is 239 g/mol. The molecule has 0 aromatic heterocycles. The first-order chi connectivity index (χ1) is 7.82. The quantitative estimate of drug-likeness (QED) is 0.823. The zero-order valence-electron chi connectivity index (χ0n) is 10.4. The lowest BCUT2D eigenvalue weighted by molar-refractivity contribution is -0.149. The lowest BCUT2D eigenvalue weighted by atomic mass is 9.87. The van der Waals surface area contributed by atoms with Crippen LogP contribution in [0.3, 0.4) is 0 Å². The van der Waals surface area contributed by atoms with Gasteiger partial charge in [-0.3, -0.25) is 4.79 Å². The average molecular weight is 239 g/mol. The second-order valence-corrected chi connectivity index (χ2v) is 5.04. The van der Waals surface area contributed by atoms with Crippen LogP contribution >= 0.6 is 0 Å². The van der Waals surface area contributed by atoms with Gasteiger partial charge in [-0.2, -0.15) is 0 Å². The number of rotatable bonds is 3. The highest BCUT2D eigenvalue weighted by Crippen LogP contribution is 2.19. The predicted molar refractivity (Wildman–Crippen MR) is 63.6 cm³/mol. The number of hydrogen-bond acceptors (Lipinski definition) is 3. The van der Waals surface area contributed by atoms with Crippen LogP contribution in [0.15, 0.2) is 24.3 Å². The van der Waals surface area contributed by atoms with Crippen LogP contribution in [-0.2, 0) is 16.1 Å². The van der Waals surface area contributed by atoms with Gasteiger partial charge in [0.25, 0.3) is 0 Å². The van der Waals surface area contributed by atoms with Crippen molar-refractivity contribution in [3.8, 4) is 0 Å². The van der Waals surface area contributed by atoms with Gasteiger partial charge < -0.3 is 10.5 Å². The van der Waals surface area contributed by atoms with Crippen LogP contribution in [0.5, 0.6) is 0 Å². The van der Waals surface area contributed by atoms with Gasteiger partial charge >= 0.3 is 5.97 Å². The van der Waals surface area contributed by atoms with Gasteiger partial charge in [-0.05, 0) is 11.5 Å². The molecule has 0 aliphatic rings. The van der Waals surface area contributed by atoms with Crippen molar-refractivity contribution in [1.82, 2.24) is 0 Å². The average Bonchev–Trinajstić information content (AvgIpc) is 2.25. The molecule has 0 spiro atoms. The van der Waals surface area contributed by atoms with Crippen molar-refractivity contribution in [3.05, 3.63) is 35.6 Å². The van der Waals surface area contributed by atoms with E-state index in [1.807, 2.05) is 20.8 Å². The van der Waals surface area contributed by atoms with Crippen LogP contribution in [0.1, 0.15) is 26.3 Å². The van der Waals surface area contributed by atoms with Gasteiger partial charge in [-0.1, -0.05) is 39.0 Å². The second-order valence-electron chi connectivity index (χ2n) is 5.04. The van der Waals surface area contributed by atoms with Gasteiger partial charge in [0, 0.05) is 5.56 Å². The number of carbonyl (C=O) groups excluding carboxylic acids is 1. The van der Waals surface area contributed by atoms with E-state index >= 15 is 0 Å². The third kappa shape index (κ3) is 3.82. The zero-order chi connectivity index (χ0) is 13.1. The minimum Gasteiger partial charge on any atom is -0.460 e. The Labute approximate surface area is 101 Å². The molecule has 0 aliphatic heterocycles. The third-order valence-corrected chi connectivity index (χ3v) is 2.51. The van der Waals surface area contributed by atoms with Crippen molar-refractivity contribution in [2.45, 2.75) is 33.4 Å². The fraction of sp³-hybridized carbons (Fsp3) is 0.462. The van der Waals surface area contributed by atoms with Gasteiger partial charge in [-0.25, -0.2) is 4.39 Å². The van der Waals surface area contributed by atoms with Crippen LogP contribution in [0.2, 0.25) is 0 Å². The van der Waals surface area contributed by atoms with Crippen molar-refractivity contribution in [1.29, 1.82) is 0 Å². The summed E-state index contributed by atoms with van der Waals surface area (Å²) in [7, 11) is 0. The topological polar surface area (TPSA) is 52.3 Å². The summed E-state index contributed by atoms with van der Waals surface area (Å²) in [6.45, 7) is 5.46. The Hall–Kier alpha value is -1.42. The highest BCUT2D eigenvalue weighted by Gasteiger charge is 2.28. The van der Waals surface area contributed by atoms with Crippen molar-refractivity contribution < 1.29 is 13.9 Å². The van der Waals surface area contributed by atoms with Gasteiger partial charge in [-0.15, -0.1) is 0 Å². The smallest absolute Gasteiger partial charge is 0.323 e. The molecule has 0 bridgehead atoms. The SMILES string of the molecule is CC(C)(C)[C@H](N)C(=O)OCc1ccccc1F. The second kappa shape index (κ2) is 5.27. The van der Waals surface area contributed by atoms with E-state index in [0.717, 1.165) is 0 Å². The van der Waals surface area contributed by atoms with Gasteiger partial charge in [0.2, 0.25) is 0 Å².